The minimum absolute atomic E-state index is 0.0141. The van der Waals surface area contributed by atoms with Gasteiger partial charge in [-0.05, 0) is 36.6 Å². The van der Waals surface area contributed by atoms with Crippen molar-refractivity contribution in [2.75, 3.05) is 25.7 Å². The molecule has 2 aromatic rings. The summed E-state index contributed by atoms with van der Waals surface area (Å²) in [4.78, 5) is 13.5. The Balaban J connectivity index is 2.40. The molecule has 5 nitrogen and oxygen atoms in total. The Kier molecular flexibility index (Phi) is 5.92. The Morgan fingerprint density at radius 2 is 1.83 bits per heavy atom. The van der Waals surface area contributed by atoms with E-state index in [0.717, 1.165) is 9.20 Å². The molecule has 0 aliphatic carbocycles. The predicted octanol–water partition coefficient (Wildman–Crippen LogP) is 3.56. The largest absolute Gasteiger partial charge is 0.321 e. The van der Waals surface area contributed by atoms with Crippen molar-refractivity contribution in [2.45, 2.75) is 9.79 Å². The Hall–Kier alpha value is -1.54. The molecule has 1 N–H and O–H groups in total. The summed E-state index contributed by atoms with van der Waals surface area (Å²) < 4.78 is 25.5. The van der Waals surface area contributed by atoms with Gasteiger partial charge in [0.25, 0.3) is 5.91 Å². The number of anilines is 1. The Labute approximate surface area is 151 Å². The lowest BCUT2D eigenvalue weighted by molar-refractivity contribution is 0.102. The fourth-order valence-electron chi connectivity index (χ4n) is 1.99. The number of nitrogens with zero attached hydrogens (tertiary/aromatic N) is 1. The van der Waals surface area contributed by atoms with Crippen LogP contribution in [0.5, 0.6) is 0 Å². The fraction of sp³-hybridized carbons (Fsp3) is 0.188. The first-order valence-corrected chi connectivity index (χ1v) is 9.98. The number of para-hydroxylation sites is 1. The maximum absolute atomic E-state index is 12.5. The van der Waals surface area contributed by atoms with Crippen LogP contribution in [0.15, 0.2) is 52.3 Å². The monoisotopic (exact) mass is 384 g/mol. The zero-order valence-electron chi connectivity index (χ0n) is 13.4. The maximum atomic E-state index is 12.5. The van der Waals surface area contributed by atoms with Gasteiger partial charge in [0, 0.05) is 19.0 Å². The van der Waals surface area contributed by atoms with Gasteiger partial charge in [0.15, 0.2) is 0 Å². The van der Waals surface area contributed by atoms with Gasteiger partial charge >= 0.3 is 0 Å². The van der Waals surface area contributed by atoms with E-state index in [-0.39, 0.29) is 15.5 Å². The number of hydrogen-bond acceptors (Lipinski definition) is 4. The highest BCUT2D eigenvalue weighted by Gasteiger charge is 2.21. The van der Waals surface area contributed by atoms with Gasteiger partial charge in [0.1, 0.15) is 0 Å². The van der Waals surface area contributed by atoms with E-state index in [1.807, 2.05) is 24.5 Å². The topological polar surface area (TPSA) is 66.5 Å². The molecule has 0 unspecified atom stereocenters. The highest BCUT2D eigenvalue weighted by Crippen LogP contribution is 2.27. The number of carbonyl (C=O) groups excluding carboxylic acids is 1. The lowest BCUT2D eigenvalue weighted by atomic mass is 10.2. The second kappa shape index (κ2) is 7.57. The van der Waals surface area contributed by atoms with E-state index in [0.29, 0.717) is 5.69 Å². The number of carbonyl (C=O) groups is 1. The molecule has 0 atom stereocenters. The summed E-state index contributed by atoms with van der Waals surface area (Å²) >= 11 is 7.58. The molecule has 0 bridgehead atoms. The van der Waals surface area contributed by atoms with Crippen molar-refractivity contribution in [2.24, 2.45) is 0 Å². The van der Waals surface area contributed by atoms with Crippen molar-refractivity contribution in [3.63, 3.8) is 0 Å². The second-order valence-electron chi connectivity index (χ2n) is 5.08. The van der Waals surface area contributed by atoms with Crippen molar-refractivity contribution < 1.29 is 13.2 Å². The van der Waals surface area contributed by atoms with Crippen LogP contribution in [0.4, 0.5) is 5.69 Å². The van der Waals surface area contributed by atoms with Gasteiger partial charge in [-0.2, -0.15) is 0 Å². The summed E-state index contributed by atoms with van der Waals surface area (Å²) in [7, 11) is -0.787. The van der Waals surface area contributed by atoms with Gasteiger partial charge < -0.3 is 5.32 Å². The summed E-state index contributed by atoms with van der Waals surface area (Å²) in [5.41, 5.74) is 0.752. The number of halogens is 1. The second-order valence-corrected chi connectivity index (χ2v) is 8.49. The predicted molar refractivity (Wildman–Crippen MR) is 98.5 cm³/mol. The van der Waals surface area contributed by atoms with Crippen molar-refractivity contribution >= 4 is 45.0 Å². The highest BCUT2D eigenvalue weighted by molar-refractivity contribution is 7.98. The van der Waals surface area contributed by atoms with Gasteiger partial charge in [-0.1, -0.05) is 23.7 Å². The van der Waals surface area contributed by atoms with E-state index in [1.54, 1.807) is 6.07 Å². The molecule has 0 aliphatic rings. The van der Waals surface area contributed by atoms with E-state index in [4.69, 9.17) is 11.6 Å². The molecule has 0 saturated heterocycles. The first-order valence-electron chi connectivity index (χ1n) is 6.94. The molecule has 0 radical (unpaired) electrons. The molecule has 0 spiro atoms. The molecule has 0 aromatic heterocycles. The third-order valence-electron chi connectivity index (χ3n) is 3.32. The van der Waals surface area contributed by atoms with E-state index < -0.39 is 15.9 Å². The third kappa shape index (κ3) is 3.92. The number of amides is 1. The van der Waals surface area contributed by atoms with Crippen LogP contribution in [0.2, 0.25) is 5.02 Å². The third-order valence-corrected chi connectivity index (χ3v) is 6.25. The quantitative estimate of drug-likeness (QED) is 0.800. The van der Waals surface area contributed by atoms with Crippen LogP contribution < -0.4 is 5.32 Å². The maximum Gasteiger partial charge on any atom is 0.257 e. The van der Waals surface area contributed by atoms with Crippen molar-refractivity contribution in [1.29, 1.82) is 0 Å². The van der Waals surface area contributed by atoms with Gasteiger partial charge in [-0.25, -0.2) is 12.7 Å². The fourth-order valence-corrected chi connectivity index (χ4v) is 3.67. The van der Waals surface area contributed by atoms with Crippen LogP contribution in [0.1, 0.15) is 10.4 Å². The average molecular weight is 385 g/mol. The van der Waals surface area contributed by atoms with E-state index in [1.165, 1.54) is 44.1 Å². The molecule has 24 heavy (non-hydrogen) atoms. The lowest BCUT2D eigenvalue weighted by Crippen LogP contribution is -2.23. The molecule has 2 rings (SSSR count). The van der Waals surface area contributed by atoms with Gasteiger partial charge in [-0.3, -0.25) is 4.79 Å². The van der Waals surface area contributed by atoms with Crippen LogP contribution in [0.25, 0.3) is 0 Å². The number of rotatable bonds is 5. The molecule has 0 saturated carbocycles. The molecule has 0 heterocycles. The zero-order valence-corrected chi connectivity index (χ0v) is 15.8. The van der Waals surface area contributed by atoms with Crippen LogP contribution in [0, 0.1) is 0 Å². The van der Waals surface area contributed by atoms with Crippen molar-refractivity contribution in [1.82, 2.24) is 4.31 Å². The molecule has 0 fully saturated rings. The normalized spacial score (nSPS) is 11.5. The standard InChI is InChI=1S/C16H17ClN2O3S2/c1-19(2)24(21,22)11-8-9-13(17)12(10-11)16(20)18-14-6-4-5-7-15(14)23-3/h4-10H,1-3H3,(H,18,20). The summed E-state index contributed by atoms with van der Waals surface area (Å²) in [6, 6.07) is 11.4. The van der Waals surface area contributed by atoms with E-state index in [9.17, 15) is 13.2 Å². The molecular weight excluding hydrogens is 368 g/mol. The number of benzene rings is 2. The molecule has 2 aromatic carbocycles. The Bertz CT molecular complexity index is 867. The zero-order chi connectivity index (χ0) is 17.9. The number of sulfonamides is 1. The summed E-state index contributed by atoms with van der Waals surface area (Å²) in [5, 5.41) is 2.96. The summed E-state index contributed by atoms with van der Waals surface area (Å²) in [6.45, 7) is 0. The molecular formula is C16H17ClN2O3S2. The highest BCUT2D eigenvalue weighted by atomic mass is 35.5. The lowest BCUT2D eigenvalue weighted by Gasteiger charge is -2.14. The van der Waals surface area contributed by atoms with E-state index >= 15 is 0 Å². The summed E-state index contributed by atoms with van der Waals surface area (Å²) in [6.07, 6.45) is 1.91. The van der Waals surface area contributed by atoms with Gasteiger partial charge in [-0.15, -0.1) is 11.8 Å². The number of nitrogens with one attached hydrogen (secondary N) is 1. The number of thioether (sulfide) groups is 1. The Morgan fingerprint density at radius 3 is 2.46 bits per heavy atom. The first kappa shape index (κ1) is 18.8. The Morgan fingerprint density at radius 1 is 1.17 bits per heavy atom. The molecule has 1 amide bonds. The minimum atomic E-state index is -3.64. The molecule has 128 valence electrons. The van der Waals surface area contributed by atoms with Crippen LogP contribution in [-0.2, 0) is 10.0 Å². The van der Waals surface area contributed by atoms with Gasteiger partial charge in [0.05, 0.1) is 21.2 Å². The number of hydrogen-bond donors (Lipinski definition) is 1. The van der Waals surface area contributed by atoms with Crippen LogP contribution in [-0.4, -0.2) is 39.0 Å². The molecule has 0 aliphatic heterocycles. The minimum Gasteiger partial charge on any atom is -0.321 e. The molecule has 8 heteroatoms. The van der Waals surface area contributed by atoms with Crippen LogP contribution >= 0.6 is 23.4 Å². The summed E-state index contributed by atoms with van der Waals surface area (Å²) in [5.74, 6) is -0.461. The van der Waals surface area contributed by atoms with Gasteiger partial charge in [0.2, 0.25) is 10.0 Å². The van der Waals surface area contributed by atoms with Crippen LogP contribution in [0.3, 0.4) is 0 Å². The average Bonchev–Trinajstić information content (AvgIpc) is 2.55. The smallest absolute Gasteiger partial charge is 0.257 e. The van der Waals surface area contributed by atoms with Crippen molar-refractivity contribution in [3.8, 4) is 0 Å². The SMILES string of the molecule is CSc1ccccc1NC(=O)c1cc(S(=O)(=O)N(C)C)ccc1Cl. The first-order chi connectivity index (χ1) is 11.3. The van der Waals surface area contributed by atoms with Crippen molar-refractivity contribution in [3.05, 3.63) is 53.1 Å². The van der Waals surface area contributed by atoms with E-state index in [2.05, 4.69) is 5.32 Å².